The molecule has 0 spiro atoms. The molecular formula is C22H16Cl2N4O. The van der Waals surface area contributed by atoms with E-state index in [4.69, 9.17) is 23.2 Å². The van der Waals surface area contributed by atoms with Crippen LogP contribution < -0.4 is 5.32 Å². The zero-order chi connectivity index (χ0) is 20.4. The van der Waals surface area contributed by atoms with E-state index in [0.29, 0.717) is 21.6 Å². The molecule has 4 aromatic rings. The highest BCUT2D eigenvalue weighted by Gasteiger charge is 2.19. The van der Waals surface area contributed by atoms with Crippen molar-refractivity contribution in [3.8, 4) is 17.1 Å². The zero-order valence-corrected chi connectivity index (χ0v) is 16.9. The van der Waals surface area contributed by atoms with Gasteiger partial charge < -0.3 is 5.32 Å². The molecule has 7 heteroatoms. The maximum absolute atomic E-state index is 12.8. The van der Waals surface area contributed by atoms with Gasteiger partial charge in [-0.3, -0.25) is 4.79 Å². The monoisotopic (exact) mass is 422 g/mol. The van der Waals surface area contributed by atoms with E-state index < -0.39 is 5.91 Å². The van der Waals surface area contributed by atoms with E-state index in [2.05, 4.69) is 15.4 Å². The fraction of sp³-hybridized carbons (Fsp3) is 0.0455. The van der Waals surface area contributed by atoms with Crippen LogP contribution in [0.3, 0.4) is 0 Å². The van der Waals surface area contributed by atoms with E-state index >= 15 is 0 Å². The van der Waals surface area contributed by atoms with Crippen molar-refractivity contribution in [3.63, 3.8) is 0 Å². The quantitative estimate of drug-likeness (QED) is 0.451. The van der Waals surface area contributed by atoms with Crippen molar-refractivity contribution in [2.75, 3.05) is 5.32 Å². The average Bonchev–Trinajstić information content (AvgIpc) is 3.15. The number of rotatable bonds is 4. The third-order valence-corrected chi connectivity index (χ3v) is 4.73. The van der Waals surface area contributed by atoms with Gasteiger partial charge in [0.2, 0.25) is 5.82 Å². The van der Waals surface area contributed by atoms with Gasteiger partial charge in [0, 0.05) is 21.3 Å². The molecule has 0 fully saturated rings. The van der Waals surface area contributed by atoms with Gasteiger partial charge >= 0.3 is 0 Å². The SMILES string of the molecule is Cc1cccc(-n2nc(C(=O)Nc3ccc(Cl)cc3)nc2-c2cccc(Cl)c2)c1. The van der Waals surface area contributed by atoms with Crippen molar-refractivity contribution in [2.24, 2.45) is 0 Å². The summed E-state index contributed by atoms with van der Waals surface area (Å²) >= 11 is 12.1. The number of carbonyl (C=O) groups excluding carboxylic acids is 1. The van der Waals surface area contributed by atoms with E-state index in [9.17, 15) is 4.79 Å². The molecule has 29 heavy (non-hydrogen) atoms. The molecule has 0 unspecified atom stereocenters. The lowest BCUT2D eigenvalue weighted by Crippen LogP contribution is -2.14. The third kappa shape index (κ3) is 4.31. The standard InChI is InChI=1S/C22H16Cl2N4O/c1-14-4-2-7-19(12-14)28-21(15-5-3-6-17(24)13-15)26-20(27-28)22(29)25-18-10-8-16(23)9-11-18/h2-13H,1H3,(H,25,29). The minimum atomic E-state index is -0.415. The highest BCUT2D eigenvalue weighted by molar-refractivity contribution is 6.31. The van der Waals surface area contributed by atoms with E-state index in [1.54, 1.807) is 41.1 Å². The summed E-state index contributed by atoms with van der Waals surface area (Å²) in [5.74, 6) is 0.165. The average molecular weight is 423 g/mol. The molecule has 0 bridgehead atoms. The van der Waals surface area contributed by atoms with Gasteiger partial charge in [-0.1, -0.05) is 47.5 Å². The molecule has 0 aliphatic heterocycles. The number of hydrogen-bond donors (Lipinski definition) is 1. The second kappa shape index (κ2) is 8.07. The van der Waals surface area contributed by atoms with Crippen LogP contribution in [0.4, 0.5) is 5.69 Å². The zero-order valence-electron chi connectivity index (χ0n) is 15.4. The van der Waals surface area contributed by atoms with Crippen molar-refractivity contribution < 1.29 is 4.79 Å². The maximum Gasteiger partial charge on any atom is 0.295 e. The number of amides is 1. The number of carbonyl (C=O) groups is 1. The minimum absolute atomic E-state index is 0.0523. The number of nitrogens with zero attached hydrogens (tertiary/aromatic N) is 3. The van der Waals surface area contributed by atoms with Crippen LogP contribution >= 0.6 is 23.2 Å². The third-order valence-electron chi connectivity index (χ3n) is 4.24. The first-order chi connectivity index (χ1) is 14.0. The van der Waals surface area contributed by atoms with Crippen LogP contribution in [-0.4, -0.2) is 20.7 Å². The Morgan fingerprint density at radius 1 is 0.931 bits per heavy atom. The van der Waals surface area contributed by atoms with Gasteiger partial charge in [0.05, 0.1) is 5.69 Å². The Balaban J connectivity index is 1.76. The van der Waals surface area contributed by atoms with Crippen LogP contribution in [0.25, 0.3) is 17.1 Å². The number of halogens is 2. The van der Waals surface area contributed by atoms with Crippen LogP contribution in [0.2, 0.25) is 10.0 Å². The molecule has 0 aliphatic carbocycles. The van der Waals surface area contributed by atoms with Crippen LogP contribution in [0, 0.1) is 6.92 Å². The van der Waals surface area contributed by atoms with E-state index in [1.165, 1.54) is 0 Å². The molecule has 3 aromatic carbocycles. The summed E-state index contributed by atoms with van der Waals surface area (Å²) in [6.07, 6.45) is 0. The Labute approximate surface area is 177 Å². The minimum Gasteiger partial charge on any atom is -0.319 e. The summed E-state index contributed by atoms with van der Waals surface area (Å²) in [6.45, 7) is 1.99. The van der Waals surface area contributed by atoms with Crippen LogP contribution in [0.1, 0.15) is 16.2 Å². The lowest BCUT2D eigenvalue weighted by atomic mass is 10.2. The number of aromatic nitrogens is 3. The molecule has 0 saturated heterocycles. The van der Waals surface area contributed by atoms with Crippen LogP contribution in [0.15, 0.2) is 72.8 Å². The molecule has 144 valence electrons. The largest absolute Gasteiger partial charge is 0.319 e. The molecule has 1 amide bonds. The normalized spacial score (nSPS) is 10.7. The molecule has 0 radical (unpaired) electrons. The molecule has 5 nitrogen and oxygen atoms in total. The van der Waals surface area contributed by atoms with Gasteiger partial charge in [-0.25, -0.2) is 9.67 Å². The number of hydrogen-bond acceptors (Lipinski definition) is 3. The van der Waals surface area contributed by atoms with Crippen LogP contribution in [0.5, 0.6) is 0 Å². The van der Waals surface area contributed by atoms with Crippen molar-refractivity contribution in [3.05, 3.63) is 94.2 Å². The molecule has 1 heterocycles. The number of nitrogens with one attached hydrogen (secondary N) is 1. The van der Waals surface area contributed by atoms with Gasteiger partial charge in [0.15, 0.2) is 5.82 Å². The van der Waals surface area contributed by atoms with Crippen molar-refractivity contribution in [1.82, 2.24) is 14.8 Å². The van der Waals surface area contributed by atoms with Gasteiger partial charge in [0.1, 0.15) is 0 Å². The fourth-order valence-electron chi connectivity index (χ4n) is 2.88. The molecule has 0 saturated carbocycles. The predicted octanol–water partition coefficient (Wildman–Crippen LogP) is 5.80. The maximum atomic E-state index is 12.8. The summed E-state index contributed by atoms with van der Waals surface area (Å²) in [4.78, 5) is 17.2. The number of aryl methyl sites for hydroxylation is 1. The van der Waals surface area contributed by atoms with E-state index in [1.807, 2.05) is 43.3 Å². The lowest BCUT2D eigenvalue weighted by Gasteiger charge is -2.07. The summed E-state index contributed by atoms with van der Waals surface area (Å²) < 4.78 is 1.65. The van der Waals surface area contributed by atoms with Gasteiger partial charge in [-0.05, 0) is 61.0 Å². The first kappa shape index (κ1) is 19.2. The Morgan fingerprint density at radius 3 is 2.41 bits per heavy atom. The topological polar surface area (TPSA) is 59.8 Å². The number of anilines is 1. The summed E-state index contributed by atoms with van der Waals surface area (Å²) in [6, 6.07) is 21.9. The number of benzene rings is 3. The predicted molar refractivity (Wildman–Crippen MR) is 116 cm³/mol. The second-order valence-electron chi connectivity index (χ2n) is 6.48. The van der Waals surface area contributed by atoms with Gasteiger partial charge in [0.25, 0.3) is 5.91 Å². The van der Waals surface area contributed by atoms with Crippen LogP contribution in [-0.2, 0) is 0 Å². The molecule has 1 N–H and O–H groups in total. The van der Waals surface area contributed by atoms with Crippen molar-refractivity contribution in [1.29, 1.82) is 0 Å². The first-order valence-corrected chi connectivity index (χ1v) is 9.62. The molecule has 0 atom stereocenters. The molecule has 0 aliphatic rings. The highest BCUT2D eigenvalue weighted by Crippen LogP contribution is 2.25. The Hall–Kier alpha value is -3.15. The second-order valence-corrected chi connectivity index (χ2v) is 7.35. The Bertz CT molecular complexity index is 1120. The Morgan fingerprint density at radius 2 is 1.69 bits per heavy atom. The summed E-state index contributed by atoms with van der Waals surface area (Å²) in [5.41, 5.74) is 3.24. The molecule has 1 aromatic heterocycles. The summed E-state index contributed by atoms with van der Waals surface area (Å²) in [5, 5.41) is 8.42. The smallest absolute Gasteiger partial charge is 0.295 e. The Kier molecular flexibility index (Phi) is 5.34. The van der Waals surface area contributed by atoms with Crippen molar-refractivity contribution >= 4 is 34.8 Å². The van der Waals surface area contributed by atoms with Crippen molar-refractivity contribution in [2.45, 2.75) is 6.92 Å². The first-order valence-electron chi connectivity index (χ1n) is 8.86. The lowest BCUT2D eigenvalue weighted by molar-refractivity contribution is 0.101. The van der Waals surface area contributed by atoms with Gasteiger partial charge in [-0.15, -0.1) is 5.10 Å². The highest BCUT2D eigenvalue weighted by atomic mass is 35.5. The van der Waals surface area contributed by atoms with E-state index in [0.717, 1.165) is 16.8 Å². The van der Waals surface area contributed by atoms with E-state index in [-0.39, 0.29) is 5.82 Å². The fourth-order valence-corrected chi connectivity index (χ4v) is 3.20. The van der Waals surface area contributed by atoms with Gasteiger partial charge in [-0.2, -0.15) is 0 Å². The molecule has 4 rings (SSSR count). The molecular weight excluding hydrogens is 407 g/mol. The summed E-state index contributed by atoms with van der Waals surface area (Å²) in [7, 11) is 0.